The van der Waals surface area contributed by atoms with E-state index < -0.39 is 11.2 Å². The summed E-state index contributed by atoms with van der Waals surface area (Å²) in [5, 5.41) is 8.50. The maximum absolute atomic E-state index is 12.1. The Morgan fingerprint density at radius 3 is 2.33 bits per heavy atom. The van der Waals surface area contributed by atoms with Gasteiger partial charge in [0.2, 0.25) is 0 Å². The third-order valence-corrected chi connectivity index (χ3v) is 3.42. The number of hydrogen-bond donors (Lipinski definition) is 0. The van der Waals surface area contributed by atoms with Gasteiger partial charge in [0.05, 0.1) is 0 Å². The Hall–Kier alpha value is -2.54. The lowest BCUT2D eigenvalue weighted by atomic mass is 10.2. The van der Waals surface area contributed by atoms with Gasteiger partial charge in [-0.1, -0.05) is 11.6 Å². The molecule has 0 aliphatic heterocycles. The number of hydrogen-bond acceptors (Lipinski definition) is 5. The van der Waals surface area contributed by atoms with Gasteiger partial charge >= 0.3 is 5.69 Å². The summed E-state index contributed by atoms with van der Waals surface area (Å²) in [6.45, 7) is 0. The highest BCUT2D eigenvalue weighted by Crippen LogP contribution is 2.17. The Bertz CT molecular complexity index is 959. The molecule has 0 atom stereocenters. The highest BCUT2D eigenvalue weighted by Gasteiger charge is 2.13. The van der Waals surface area contributed by atoms with Crippen molar-refractivity contribution in [1.29, 1.82) is 0 Å². The maximum atomic E-state index is 12.1. The number of benzene rings is 1. The van der Waals surface area contributed by atoms with Crippen LogP contribution in [0.4, 0.5) is 0 Å². The molecule has 0 bridgehead atoms. The Labute approximate surface area is 123 Å². The summed E-state index contributed by atoms with van der Waals surface area (Å²) in [4.78, 5) is 28.2. The molecule has 3 aromatic rings. The minimum atomic E-state index is -0.502. The first kappa shape index (κ1) is 13.4. The van der Waals surface area contributed by atoms with E-state index in [9.17, 15) is 9.59 Å². The van der Waals surface area contributed by atoms with E-state index in [4.69, 9.17) is 11.6 Å². The average Bonchev–Trinajstić information content (AvgIpc) is 2.51. The third-order valence-electron chi connectivity index (χ3n) is 3.17. The van der Waals surface area contributed by atoms with Crippen molar-refractivity contribution in [2.24, 2.45) is 14.1 Å². The van der Waals surface area contributed by atoms with Crippen molar-refractivity contribution in [1.82, 2.24) is 24.3 Å². The van der Waals surface area contributed by atoms with Crippen molar-refractivity contribution >= 4 is 22.8 Å². The molecule has 0 unspecified atom stereocenters. The lowest BCUT2D eigenvalue weighted by molar-refractivity contribution is 0.698. The molecule has 0 N–H and O–H groups in total. The first-order valence-corrected chi connectivity index (χ1v) is 6.43. The van der Waals surface area contributed by atoms with E-state index in [0.717, 1.165) is 4.57 Å². The van der Waals surface area contributed by atoms with Gasteiger partial charge in [-0.2, -0.15) is 0 Å². The molecule has 2 aromatic heterocycles. The van der Waals surface area contributed by atoms with E-state index in [1.54, 1.807) is 24.3 Å². The van der Waals surface area contributed by atoms with Crippen LogP contribution in [0.15, 0.2) is 33.9 Å². The molecule has 21 heavy (non-hydrogen) atoms. The molecule has 0 radical (unpaired) electrons. The van der Waals surface area contributed by atoms with Gasteiger partial charge in [-0.15, -0.1) is 10.2 Å². The second kappa shape index (κ2) is 4.78. The van der Waals surface area contributed by atoms with Crippen LogP contribution in [-0.2, 0) is 14.1 Å². The van der Waals surface area contributed by atoms with Gasteiger partial charge in [0.15, 0.2) is 17.0 Å². The first-order chi connectivity index (χ1) is 9.99. The first-order valence-electron chi connectivity index (χ1n) is 6.05. The van der Waals surface area contributed by atoms with Crippen LogP contribution < -0.4 is 11.2 Å². The standard InChI is InChI=1S/C13H10ClN5O2/c1-18-11-9(12(20)19(2)13(18)21)15-10(16-17-11)7-3-5-8(14)6-4-7/h3-6H,1-2H3. The van der Waals surface area contributed by atoms with Crippen LogP contribution in [0.2, 0.25) is 5.02 Å². The summed E-state index contributed by atoms with van der Waals surface area (Å²) in [6.07, 6.45) is 0. The Kier molecular flexibility index (Phi) is 3.06. The van der Waals surface area contributed by atoms with Gasteiger partial charge in [-0.25, -0.2) is 9.78 Å². The highest BCUT2D eigenvalue weighted by atomic mass is 35.5. The number of aryl methyl sites for hydroxylation is 1. The van der Waals surface area contributed by atoms with Crippen molar-refractivity contribution in [3.8, 4) is 11.4 Å². The lowest BCUT2D eigenvalue weighted by Crippen LogP contribution is -2.38. The van der Waals surface area contributed by atoms with Gasteiger partial charge in [-0.05, 0) is 24.3 Å². The van der Waals surface area contributed by atoms with Crippen LogP contribution in [0.5, 0.6) is 0 Å². The molecule has 2 heterocycles. The number of nitrogens with zero attached hydrogens (tertiary/aromatic N) is 5. The van der Waals surface area contributed by atoms with E-state index in [1.165, 1.54) is 18.7 Å². The maximum Gasteiger partial charge on any atom is 0.332 e. The molecule has 1 aromatic carbocycles. The topological polar surface area (TPSA) is 82.7 Å². The van der Waals surface area contributed by atoms with Crippen LogP contribution in [0.1, 0.15) is 0 Å². The fourth-order valence-electron chi connectivity index (χ4n) is 1.97. The number of halogens is 1. The van der Waals surface area contributed by atoms with Crippen LogP contribution in [-0.4, -0.2) is 24.3 Å². The Balaban J connectivity index is 2.33. The van der Waals surface area contributed by atoms with Crippen molar-refractivity contribution in [2.45, 2.75) is 0 Å². The largest absolute Gasteiger partial charge is 0.332 e. The highest BCUT2D eigenvalue weighted by molar-refractivity contribution is 6.30. The SMILES string of the molecule is Cn1c(=O)c2nc(-c3ccc(Cl)cc3)nnc2n(C)c1=O. The third kappa shape index (κ3) is 2.11. The molecular weight excluding hydrogens is 294 g/mol. The number of aromatic nitrogens is 5. The van der Waals surface area contributed by atoms with E-state index in [2.05, 4.69) is 15.2 Å². The van der Waals surface area contributed by atoms with Crippen LogP contribution in [0.25, 0.3) is 22.6 Å². The summed E-state index contributed by atoms with van der Waals surface area (Å²) in [6, 6.07) is 6.86. The molecule has 7 nitrogen and oxygen atoms in total. The second-order valence-corrected chi connectivity index (χ2v) is 4.96. The summed E-state index contributed by atoms with van der Waals surface area (Å²) in [5.41, 5.74) is -0.0360. The van der Waals surface area contributed by atoms with Gasteiger partial charge in [0, 0.05) is 24.7 Å². The fraction of sp³-hybridized carbons (Fsp3) is 0.154. The normalized spacial score (nSPS) is 11.0. The van der Waals surface area contributed by atoms with Crippen molar-refractivity contribution in [3.63, 3.8) is 0 Å². The summed E-state index contributed by atoms with van der Waals surface area (Å²) < 4.78 is 2.23. The quantitative estimate of drug-likeness (QED) is 0.662. The summed E-state index contributed by atoms with van der Waals surface area (Å²) in [5.74, 6) is 0.301. The lowest BCUT2D eigenvalue weighted by Gasteiger charge is -2.06. The predicted octanol–water partition coefficient (Wildman–Crippen LogP) is 0.743. The van der Waals surface area contributed by atoms with Crippen LogP contribution in [0.3, 0.4) is 0 Å². The number of fused-ring (bicyclic) bond motifs is 1. The second-order valence-electron chi connectivity index (χ2n) is 4.52. The number of rotatable bonds is 1. The van der Waals surface area contributed by atoms with E-state index in [-0.39, 0.29) is 11.2 Å². The molecule has 0 saturated carbocycles. The van der Waals surface area contributed by atoms with Crippen LogP contribution in [0, 0.1) is 0 Å². The van der Waals surface area contributed by atoms with E-state index in [1.807, 2.05) is 0 Å². The summed E-state index contributed by atoms with van der Waals surface area (Å²) in [7, 11) is 2.91. The fourth-order valence-corrected chi connectivity index (χ4v) is 2.10. The van der Waals surface area contributed by atoms with Gasteiger partial charge < -0.3 is 0 Å². The average molecular weight is 304 g/mol. The van der Waals surface area contributed by atoms with Gasteiger partial charge in [-0.3, -0.25) is 13.9 Å². The molecule has 3 rings (SSSR count). The molecule has 8 heteroatoms. The van der Waals surface area contributed by atoms with Crippen molar-refractivity contribution in [2.75, 3.05) is 0 Å². The molecule has 0 aliphatic rings. The zero-order valence-electron chi connectivity index (χ0n) is 11.2. The monoisotopic (exact) mass is 303 g/mol. The van der Waals surface area contributed by atoms with Crippen LogP contribution >= 0.6 is 11.6 Å². The van der Waals surface area contributed by atoms with Gasteiger partial charge in [0.25, 0.3) is 5.56 Å². The van der Waals surface area contributed by atoms with Crippen molar-refractivity contribution < 1.29 is 0 Å². The molecule has 0 spiro atoms. The minimum Gasteiger partial charge on any atom is -0.278 e. The molecular formula is C13H10ClN5O2. The van der Waals surface area contributed by atoms with E-state index >= 15 is 0 Å². The Morgan fingerprint density at radius 1 is 1.00 bits per heavy atom. The molecule has 0 amide bonds. The molecule has 0 fully saturated rings. The summed E-state index contributed by atoms with van der Waals surface area (Å²) >= 11 is 5.83. The van der Waals surface area contributed by atoms with E-state index in [0.29, 0.717) is 16.4 Å². The molecule has 0 aliphatic carbocycles. The minimum absolute atomic E-state index is 0.0968. The smallest absolute Gasteiger partial charge is 0.278 e. The zero-order valence-corrected chi connectivity index (χ0v) is 12.0. The predicted molar refractivity (Wildman–Crippen MR) is 78.3 cm³/mol. The zero-order chi connectivity index (χ0) is 15.1. The van der Waals surface area contributed by atoms with Crippen molar-refractivity contribution in [3.05, 3.63) is 50.1 Å². The Morgan fingerprint density at radius 2 is 1.67 bits per heavy atom. The molecule has 0 saturated heterocycles. The van der Waals surface area contributed by atoms with Gasteiger partial charge in [0.1, 0.15) is 0 Å². The molecule has 106 valence electrons.